The lowest BCUT2D eigenvalue weighted by molar-refractivity contribution is 0.0353. The first kappa shape index (κ1) is 18.0. The highest BCUT2D eigenvalue weighted by Gasteiger charge is 2.33. The van der Waals surface area contributed by atoms with Crippen LogP contribution in [0, 0.1) is 5.41 Å². The second-order valence-corrected chi connectivity index (χ2v) is 9.06. The van der Waals surface area contributed by atoms with E-state index < -0.39 is 9.05 Å². The molecule has 1 rings (SSSR count). The standard InChI is InChI=1S/C14H23ClO3S2/c1-3-7-14(8-4-2,12-20(15,16)17)11-18-10-13-6-5-9-19-13/h5-6,9H,3-4,7-8,10-12H2,1-2H3. The van der Waals surface area contributed by atoms with E-state index in [2.05, 4.69) is 13.8 Å². The fraction of sp³-hybridized carbons (Fsp3) is 0.714. The van der Waals surface area contributed by atoms with Gasteiger partial charge in [0.15, 0.2) is 0 Å². The number of ether oxygens (including phenoxy) is 1. The first-order chi connectivity index (χ1) is 9.41. The van der Waals surface area contributed by atoms with Crippen LogP contribution < -0.4 is 0 Å². The van der Waals surface area contributed by atoms with Gasteiger partial charge in [0.1, 0.15) is 0 Å². The average molecular weight is 339 g/mol. The summed E-state index contributed by atoms with van der Waals surface area (Å²) in [5, 5.41) is 2.01. The number of rotatable bonds is 10. The molecule has 0 aromatic carbocycles. The Kier molecular flexibility index (Phi) is 7.51. The molecule has 0 bridgehead atoms. The topological polar surface area (TPSA) is 43.4 Å². The molecule has 0 saturated heterocycles. The molecule has 3 nitrogen and oxygen atoms in total. The van der Waals surface area contributed by atoms with Crippen LogP contribution >= 0.6 is 22.0 Å². The summed E-state index contributed by atoms with van der Waals surface area (Å²) in [5.74, 6) is -0.00627. The fourth-order valence-electron chi connectivity index (χ4n) is 2.64. The zero-order valence-corrected chi connectivity index (χ0v) is 14.5. The monoisotopic (exact) mass is 338 g/mol. The van der Waals surface area contributed by atoms with Crippen molar-refractivity contribution in [3.8, 4) is 0 Å². The van der Waals surface area contributed by atoms with Crippen molar-refractivity contribution in [1.29, 1.82) is 0 Å². The summed E-state index contributed by atoms with van der Waals surface area (Å²) in [5.41, 5.74) is -0.360. The third kappa shape index (κ3) is 6.57. The van der Waals surface area contributed by atoms with Gasteiger partial charge in [0.2, 0.25) is 9.05 Å². The van der Waals surface area contributed by atoms with Crippen LogP contribution in [-0.4, -0.2) is 20.8 Å². The second-order valence-electron chi connectivity index (χ2n) is 5.26. The molecule has 0 amide bonds. The maximum absolute atomic E-state index is 11.5. The molecule has 1 aromatic rings. The van der Waals surface area contributed by atoms with Crippen molar-refractivity contribution in [2.24, 2.45) is 5.41 Å². The van der Waals surface area contributed by atoms with Crippen molar-refractivity contribution in [2.75, 3.05) is 12.4 Å². The highest BCUT2D eigenvalue weighted by molar-refractivity contribution is 8.13. The SMILES string of the molecule is CCCC(CCC)(COCc1cccs1)CS(=O)(=O)Cl. The number of hydrogen-bond donors (Lipinski definition) is 0. The van der Waals surface area contributed by atoms with E-state index >= 15 is 0 Å². The molecule has 0 atom stereocenters. The lowest BCUT2D eigenvalue weighted by Gasteiger charge is -2.32. The Bertz CT molecular complexity index is 463. The molecular weight excluding hydrogens is 316 g/mol. The molecule has 1 aromatic heterocycles. The maximum Gasteiger partial charge on any atom is 0.233 e. The smallest absolute Gasteiger partial charge is 0.233 e. The van der Waals surface area contributed by atoms with E-state index in [0.717, 1.165) is 30.6 Å². The summed E-state index contributed by atoms with van der Waals surface area (Å²) in [6, 6.07) is 4.00. The van der Waals surface area contributed by atoms with Crippen molar-refractivity contribution in [3.05, 3.63) is 22.4 Å². The van der Waals surface area contributed by atoms with Gasteiger partial charge in [0.05, 0.1) is 19.0 Å². The molecule has 116 valence electrons. The Hall–Kier alpha value is -0.100. The van der Waals surface area contributed by atoms with Crippen molar-refractivity contribution in [1.82, 2.24) is 0 Å². The Morgan fingerprint density at radius 2 is 1.95 bits per heavy atom. The highest BCUT2D eigenvalue weighted by atomic mass is 35.7. The fourth-order valence-corrected chi connectivity index (χ4v) is 5.08. The maximum atomic E-state index is 11.5. The quantitative estimate of drug-likeness (QED) is 0.593. The van der Waals surface area contributed by atoms with E-state index in [1.54, 1.807) is 11.3 Å². The van der Waals surface area contributed by atoms with Crippen LogP contribution in [0.2, 0.25) is 0 Å². The summed E-state index contributed by atoms with van der Waals surface area (Å²) >= 11 is 1.64. The number of halogens is 1. The molecule has 1 heterocycles. The molecule has 0 N–H and O–H groups in total. The largest absolute Gasteiger partial charge is 0.375 e. The van der Waals surface area contributed by atoms with Crippen LogP contribution in [0.5, 0.6) is 0 Å². The molecule has 0 saturated carbocycles. The first-order valence-corrected chi connectivity index (χ1v) is 10.3. The first-order valence-electron chi connectivity index (χ1n) is 6.93. The predicted octanol–water partition coefficient (Wildman–Crippen LogP) is 4.42. The Labute approximate surface area is 130 Å². The summed E-state index contributed by atoms with van der Waals surface area (Å²) < 4.78 is 28.8. The lowest BCUT2D eigenvalue weighted by Crippen LogP contribution is -2.33. The minimum Gasteiger partial charge on any atom is -0.375 e. The van der Waals surface area contributed by atoms with Crippen molar-refractivity contribution in [3.63, 3.8) is 0 Å². The van der Waals surface area contributed by atoms with Gasteiger partial charge in [-0.1, -0.05) is 32.8 Å². The summed E-state index contributed by atoms with van der Waals surface area (Å²) in [4.78, 5) is 1.15. The normalized spacial score (nSPS) is 12.8. The van der Waals surface area contributed by atoms with Gasteiger partial charge in [-0.3, -0.25) is 0 Å². The van der Waals surface area contributed by atoms with Gasteiger partial charge in [-0.15, -0.1) is 11.3 Å². The number of hydrogen-bond acceptors (Lipinski definition) is 4. The Morgan fingerprint density at radius 1 is 1.30 bits per heavy atom. The molecule has 0 aliphatic heterocycles. The van der Waals surface area contributed by atoms with Gasteiger partial charge in [-0.05, 0) is 24.3 Å². The van der Waals surface area contributed by atoms with Crippen LogP contribution in [0.3, 0.4) is 0 Å². The third-order valence-electron chi connectivity index (χ3n) is 3.27. The van der Waals surface area contributed by atoms with Gasteiger partial charge in [-0.2, -0.15) is 0 Å². The van der Waals surface area contributed by atoms with E-state index in [1.165, 1.54) is 0 Å². The Balaban J connectivity index is 2.68. The van der Waals surface area contributed by atoms with Crippen LogP contribution in [-0.2, 0) is 20.4 Å². The zero-order chi connectivity index (χ0) is 15.1. The molecule has 0 spiro atoms. The number of thiophene rings is 1. The van der Waals surface area contributed by atoms with E-state index in [0.29, 0.717) is 13.2 Å². The molecular formula is C14H23ClO3S2. The van der Waals surface area contributed by atoms with E-state index in [4.69, 9.17) is 15.4 Å². The second kappa shape index (κ2) is 8.37. The van der Waals surface area contributed by atoms with Gasteiger partial charge in [0.25, 0.3) is 0 Å². The van der Waals surface area contributed by atoms with E-state index in [-0.39, 0.29) is 11.2 Å². The molecule has 0 radical (unpaired) electrons. The van der Waals surface area contributed by atoms with Crippen LogP contribution in [0.1, 0.15) is 44.4 Å². The molecule has 20 heavy (non-hydrogen) atoms. The van der Waals surface area contributed by atoms with E-state index in [9.17, 15) is 8.42 Å². The van der Waals surface area contributed by atoms with Gasteiger partial charge in [-0.25, -0.2) is 8.42 Å². The van der Waals surface area contributed by atoms with Crippen LogP contribution in [0.15, 0.2) is 17.5 Å². The van der Waals surface area contributed by atoms with Crippen LogP contribution in [0.4, 0.5) is 0 Å². The third-order valence-corrected chi connectivity index (χ3v) is 5.41. The van der Waals surface area contributed by atoms with Crippen molar-refractivity contribution >= 4 is 31.1 Å². The van der Waals surface area contributed by atoms with Crippen molar-refractivity contribution in [2.45, 2.75) is 46.1 Å². The lowest BCUT2D eigenvalue weighted by atomic mass is 9.82. The summed E-state index contributed by atoms with van der Waals surface area (Å²) in [7, 11) is 1.97. The highest BCUT2D eigenvalue weighted by Crippen LogP contribution is 2.33. The minimum absolute atomic E-state index is 0.00627. The summed E-state index contributed by atoms with van der Waals surface area (Å²) in [6.45, 7) is 5.10. The Morgan fingerprint density at radius 3 is 2.40 bits per heavy atom. The molecule has 6 heteroatoms. The van der Waals surface area contributed by atoms with Crippen molar-refractivity contribution < 1.29 is 13.2 Å². The van der Waals surface area contributed by atoms with Gasteiger partial charge in [0, 0.05) is 21.0 Å². The molecule has 0 unspecified atom stereocenters. The van der Waals surface area contributed by atoms with E-state index in [1.807, 2.05) is 17.5 Å². The summed E-state index contributed by atoms with van der Waals surface area (Å²) in [6.07, 6.45) is 3.48. The molecule has 0 aliphatic rings. The zero-order valence-electron chi connectivity index (χ0n) is 12.1. The predicted molar refractivity (Wildman–Crippen MR) is 85.9 cm³/mol. The van der Waals surface area contributed by atoms with Gasteiger partial charge < -0.3 is 4.74 Å². The molecule has 0 fully saturated rings. The minimum atomic E-state index is -3.52. The average Bonchev–Trinajstić information content (AvgIpc) is 2.80. The van der Waals surface area contributed by atoms with Gasteiger partial charge >= 0.3 is 0 Å². The van der Waals surface area contributed by atoms with Crippen LogP contribution in [0.25, 0.3) is 0 Å². The molecule has 0 aliphatic carbocycles.